The Kier molecular flexibility index (Phi) is 4.17. The Bertz CT molecular complexity index is 1220. The van der Waals surface area contributed by atoms with Crippen molar-refractivity contribution in [3.8, 4) is 11.3 Å². The van der Waals surface area contributed by atoms with Gasteiger partial charge in [0.15, 0.2) is 5.65 Å². The Morgan fingerprint density at radius 1 is 1.04 bits per heavy atom. The fourth-order valence-corrected chi connectivity index (χ4v) is 3.16. The van der Waals surface area contributed by atoms with E-state index in [0.717, 1.165) is 5.56 Å². The maximum Gasteiger partial charge on any atom is 0.294 e. The molecule has 2 aromatic carbocycles. The van der Waals surface area contributed by atoms with Crippen molar-refractivity contribution in [2.24, 2.45) is 0 Å². The van der Waals surface area contributed by atoms with Gasteiger partial charge in [-0.25, -0.2) is 4.98 Å². The lowest BCUT2D eigenvalue weighted by molar-refractivity contribution is 0.483. The minimum atomic E-state index is -4.24. The van der Waals surface area contributed by atoms with Crippen molar-refractivity contribution >= 4 is 40.6 Å². The van der Waals surface area contributed by atoms with Crippen molar-refractivity contribution in [1.29, 1.82) is 0 Å². The van der Waals surface area contributed by atoms with Gasteiger partial charge in [-0.15, -0.1) is 0 Å². The molecule has 0 bridgehead atoms. The molecule has 0 aliphatic carbocycles. The molecule has 0 saturated heterocycles. The molecule has 0 amide bonds. The molecule has 0 saturated carbocycles. The third kappa shape index (κ3) is 3.42. The Balaban J connectivity index is 1.79. The van der Waals surface area contributed by atoms with Crippen LogP contribution >= 0.6 is 0 Å². The summed E-state index contributed by atoms with van der Waals surface area (Å²) >= 11 is 0. The van der Waals surface area contributed by atoms with Crippen LogP contribution in [0.15, 0.2) is 71.8 Å². The third-order valence-corrected chi connectivity index (χ3v) is 4.86. The minimum Gasteiger partial charge on any atom is -0.340 e. The minimum absolute atomic E-state index is 0.179. The molecule has 0 unspecified atom stereocenters. The van der Waals surface area contributed by atoms with Crippen LogP contribution in [0.2, 0.25) is 0 Å². The summed E-state index contributed by atoms with van der Waals surface area (Å²) in [4.78, 5) is 4.40. The van der Waals surface area contributed by atoms with Crippen molar-refractivity contribution in [2.75, 3.05) is 5.32 Å². The Hall–Kier alpha value is -3.17. The SMILES string of the molecule is [B]c1cnn2c(Nc3ccc(S(=O)(=O)O)cc3)cc(-c3ccccc3)nc12. The zero-order chi connectivity index (χ0) is 19.0. The molecule has 27 heavy (non-hydrogen) atoms. The summed E-state index contributed by atoms with van der Waals surface area (Å²) in [6.07, 6.45) is 1.52. The van der Waals surface area contributed by atoms with E-state index >= 15 is 0 Å². The molecule has 0 aliphatic heterocycles. The summed E-state index contributed by atoms with van der Waals surface area (Å²) in [6, 6.07) is 17.2. The van der Waals surface area contributed by atoms with Crippen molar-refractivity contribution in [1.82, 2.24) is 14.6 Å². The van der Waals surface area contributed by atoms with E-state index in [1.165, 1.54) is 18.3 Å². The Morgan fingerprint density at radius 3 is 2.41 bits per heavy atom. The molecule has 7 nitrogen and oxygen atoms in total. The molecule has 0 spiro atoms. The van der Waals surface area contributed by atoms with Gasteiger partial charge in [0.1, 0.15) is 13.7 Å². The number of hydrogen-bond acceptors (Lipinski definition) is 5. The Labute approximate surface area is 156 Å². The molecule has 132 valence electrons. The molecule has 9 heteroatoms. The quantitative estimate of drug-likeness (QED) is 0.419. The van der Waals surface area contributed by atoms with Crippen LogP contribution in [-0.2, 0) is 10.1 Å². The maximum absolute atomic E-state index is 11.2. The highest BCUT2D eigenvalue weighted by molar-refractivity contribution is 7.85. The first kappa shape index (κ1) is 17.3. The van der Waals surface area contributed by atoms with Crippen LogP contribution in [-0.4, -0.2) is 35.4 Å². The highest BCUT2D eigenvalue weighted by Crippen LogP contribution is 2.24. The van der Waals surface area contributed by atoms with E-state index in [2.05, 4.69) is 15.4 Å². The third-order valence-electron chi connectivity index (χ3n) is 3.99. The van der Waals surface area contributed by atoms with Gasteiger partial charge in [0.25, 0.3) is 10.1 Å². The first-order valence-corrected chi connectivity index (χ1v) is 9.40. The van der Waals surface area contributed by atoms with Crippen LogP contribution in [0.1, 0.15) is 0 Å². The van der Waals surface area contributed by atoms with E-state index in [0.29, 0.717) is 28.3 Å². The van der Waals surface area contributed by atoms with Crippen LogP contribution in [0.4, 0.5) is 11.5 Å². The number of hydrogen-bond donors (Lipinski definition) is 2. The zero-order valence-corrected chi connectivity index (χ0v) is 14.8. The molecule has 4 rings (SSSR count). The van der Waals surface area contributed by atoms with E-state index in [4.69, 9.17) is 12.4 Å². The van der Waals surface area contributed by atoms with Gasteiger partial charge in [0.2, 0.25) is 0 Å². The molecule has 0 atom stereocenters. The second-order valence-corrected chi connectivity index (χ2v) is 7.27. The van der Waals surface area contributed by atoms with E-state index < -0.39 is 10.1 Å². The van der Waals surface area contributed by atoms with Crippen molar-refractivity contribution in [3.63, 3.8) is 0 Å². The molecular weight excluding hydrogens is 363 g/mol. The topological polar surface area (TPSA) is 96.6 Å². The van der Waals surface area contributed by atoms with Gasteiger partial charge in [0, 0.05) is 23.5 Å². The Morgan fingerprint density at radius 2 is 1.74 bits per heavy atom. The summed E-state index contributed by atoms with van der Waals surface area (Å²) < 4.78 is 33.0. The first-order chi connectivity index (χ1) is 12.9. The van der Waals surface area contributed by atoms with Gasteiger partial charge >= 0.3 is 0 Å². The summed E-state index contributed by atoms with van der Waals surface area (Å²) in [7, 11) is 1.75. The summed E-state index contributed by atoms with van der Waals surface area (Å²) in [5, 5.41) is 7.41. The monoisotopic (exact) mass is 376 g/mol. The summed E-state index contributed by atoms with van der Waals surface area (Å²) in [5.74, 6) is 0.607. The molecule has 2 radical (unpaired) electrons. The number of rotatable bonds is 4. The van der Waals surface area contributed by atoms with Gasteiger partial charge < -0.3 is 5.32 Å². The summed E-state index contributed by atoms with van der Waals surface area (Å²) in [6.45, 7) is 0. The van der Waals surface area contributed by atoms with Gasteiger partial charge in [-0.1, -0.05) is 30.3 Å². The normalized spacial score (nSPS) is 11.6. The molecule has 0 fully saturated rings. The molecule has 2 aromatic heterocycles. The van der Waals surface area contributed by atoms with Crippen molar-refractivity contribution in [2.45, 2.75) is 4.90 Å². The lowest BCUT2D eigenvalue weighted by Gasteiger charge is -2.11. The number of aromatic nitrogens is 3. The van der Waals surface area contributed by atoms with E-state index in [1.807, 2.05) is 36.4 Å². The number of nitrogens with one attached hydrogen (secondary N) is 1. The number of nitrogens with zero attached hydrogens (tertiary/aromatic N) is 3. The predicted molar refractivity (Wildman–Crippen MR) is 103 cm³/mol. The van der Waals surface area contributed by atoms with Gasteiger partial charge in [0.05, 0.1) is 10.6 Å². The molecule has 0 aliphatic rings. The van der Waals surface area contributed by atoms with Crippen LogP contribution in [0.5, 0.6) is 0 Å². The van der Waals surface area contributed by atoms with E-state index in [9.17, 15) is 8.42 Å². The lowest BCUT2D eigenvalue weighted by Crippen LogP contribution is -2.07. The van der Waals surface area contributed by atoms with Crippen LogP contribution in [0.25, 0.3) is 16.9 Å². The second kappa shape index (κ2) is 6.53. The fourth-order valence-electron chi connectivity index (χ4n) is 2.68. The number of fused-ring (bicyclic) bond motifs is 1. The number of benzene rings is 2. The first-order valence-electron chi connectivity index (χ1n) is 7.96. The smallest absolute Gasteiger partial charge is 0.294 e. The number of anilines is 2. The van der Waals surface area contributed by atoms with E-state index in [1.54, 1.807) is 16.6 Å². The zero-order valence-electron chi connectivity index (χ0n) is 13.9. The van der Waals surface area contributed by atoms with Crippen LogP contribution < -0.4 is 10.8 Å². The maximum atomic E-state index is 11.2. The van der Waals surface area contributed by atoms with Crippen molar-refractivity contribution < 1.29 is 13.0 Å². The van der Waals surface area contributed by atoms with Gasteiger partial charge in [-0.3, -0.25) is 4.55 Å². The molecule has 2 N–H and O–H groups in total. The average molecular weight is 376 g/mol. The molecule has 4 aromatic rings. The lowest BCUT2D eigenvalue weighted by atomic mass is 10.0. The van der Waals surface area contributed by atoms with Crippen molar-refractivity contribution in [3.05, 3.63) is 66.9 Å². The summed E-state index contributed by atoms with van der Waals surface area (Å²) in [5.41, 5.74) is 3.20. The predicted octanol–water partition coefficient (Wildman–Crippen LogP) is 2.18. The highest BCUT2D eigenvalue weighted by atomic mass is 32.2. The van der Waals surface area contributed by atoms with E-state index in [-0.39, 0.29) is 4.90 Å². The molecular formula is C18H13BN4O3S. The highest BCUT2D eigenvalue weighted by Gasteiger charge is 2.12. The van der Waals surface area contributed by atoms with Crippen LogP contribution in [0.3, 0.4) is 0 Å². The van der Waals surface area contributed by atoms with Gasteiger partial charge in [-0.05, 0) is 29.7 Å². The standard InChI is InChI=1S/C18H13BN4O3S/c19-15-11-20-23-17(21-13-6-8-14(9-7-13)27(24,25)26)10-16(22-18(15)23)12-4-2-1-3-5-12/h1-11,21H,(H,24,25,26). The largest absolute Gasteiger partial charge is 0.340 e. The molecule has 2 heterocycles. The fraction of sp³-hybridized carbons (Fsp3) is 0. The van der Waals surface area contributed by atoms with Crippen LogP contribution in [0, 0.1) is 0 Å². The average Bonchev–Trinajstić information content (AvgIpc) is 3.03. The van der Waals surface area contributed by atoms with Gasteiger partial charge in [-0.2, -0.15) is 18.0 Å². The second-order valence-electron chi connectivity index (χ2n) is 5.85.